The summed E-state index contributed by atoms with van der Waals surface area (Å²) in [4.78, 5) is 4.60. The molecule has 8 heteroatoms. The third-order valence-corrected chi connectivity index (χ3v) is 5.40. The number of nitrogen functional groups attached to an aromatic ring is 1. The summed E-state index contributed by atoms with van der Waals surface area (Å²) in [5, 5.41) is 20.0. The molecule has 2 aromatic heterocycles. The number of aromatic nitrogens is 2. The fourth-order valence-electron chi connectivity index (χ4n) is 3.57. The molecule has 0 aliphatic carbocycles. The van der Waals surface area contributed by atoms with Crippen molar-refractivity contribution in [2.75, 3.05) is 19.5 Å². The molecule has 0 radical (unpaired) electrons. The standard InChI is InChI=1S/C22H16BrN5O2/c1-3-30-20-15(23)8-12(9-18(20)29-2)19-13(10-24)21(26)28-17-7-5-4-6-16(17)27-22(28)14(19)11-25/h4-9H,3,26H2,1-2H3. The highest BCUT2D eigenvalue weighted by atomic mass is 79.9. The Labute approximate surface area is 181 Å². The van der Waals surface area contributed by atoms with Gasteiger partial charge in [-0.25, -0.2) is 4.98 Å². The van der Waals surface area contributed by atoms with Crippen LogP contribution in [0.4, 0.5) is 5.82 Å². The van der Waals surface area contributed by atoms with Crippen molar-refractivity contribution in [3.8, 4) is 34.8 Å². The second-order valence-corrected chi connectivity index (χ2v) is 7.27. The van der Waals surface area contributed by atoms with E-state index in [4.69, 9.17) is 15.2 Å². The lowest BCUT2D eigenvalue weighted by Gasteiger charge is -2.16. The van der Waals surface area contributed by atoms with E-state index >= 15 is 0 Å². The highest BCUT2D eigenvalue weighted by molar-refractivity contribution is 9.10. The molecule has 0 bridgehead atoms. The van der Waals surface area contributed by atoms with E-state index in [0.717, 1.165) is 5.52 Å². The van der Waals surface area contributed by atoms with Gasteiger partial charge in [-0.05, 0) is 52.7 Å². The second kappa shape index (κ2) is 7.58. The molecule has 0 saturated carbocycles. The summed E-state index contributed by atoms with van der Waals surface area (Å²) in [6.45, 7) is 2.33. The summed E-state index contributed by atoms with van der Waals surface area (Å²) in [5.74, 6) is 1.24. The monoisotopic (exact) mass is 461 g/mol. The zero-order chi connectivity index (χ0) is 21.4. The third kappa shape index (κ3) is 2.81. The molecule has 0 fully saturated rings. The number of hydrogen-bond donors (Lipinski definition) is 1. The highest BCUT2D eigenvalue weighted by Gasteiger charge is 2.24. The lowest BCUT2D eigenvalue weighted by atomic mass is 9.96. The quantitative estimate of drug-likeness (QED) is 0.473. The number of methoxy groups -OCH3 is 1. The van der Waals surface area contributed by atoms with Crippen LogP contribution in [-0.4, -0.2) is 23.1 Å². The smallest absolute Gasteiger partial charge is 0.175 e. The van der Waals surface area contributed by atoms with Crippen LogP contribution in [0.1, 0.15) is 18.1 Å². The molecule has 2 heterocycles. The number of halogens is 1. The number of rotatable bonds is 4. The Morgan fingerprint density at radius 1 is 1.17 bits per heavy atom. The fraction of sp³-hybridized carbons (Fsp3) is 0.136. The van der Waals surface area contributed by atoms with Crippen LogP contribution in [-0.2, 0) is 0 Å². The Kier molecular flexibility index (Phi) is 4.94. The molecule has 0 unspecified atom stereocenters. The minimum Gasteiger partial charge on any atom is -0.493 e. The number of para-hydroxylation sites is 2. The van der Waals surface area contributed by atoms with Gasteiger partial charge in [-0.2, -0.15) is 10.5 Å². The predicted molar refractivity (Wildman–Crippen MR) is 117 cm³/mol. The number of nitrogens with zero attached hydrogens (tertiary/aromatic N) is 4. The van der Waals surface area contributed by atoms with Gasteiger partial charge in [0.1, 0.15) is 29.1 Å². The minimum atomic E-state index is 0.195. The van der Waals surface area contributed by atoms with E-state index in [9.17, 15) is 10.5 Å². The summed E-state index contributed by atoms with van der Waals surface area (Å²) < 4.78 is 13.4. The van der Waals surface area contributed by atoms with Gasteiger partial charge in [0.2, 0.25) is 0 Å². The molecule has 0 saturated heterocycles. The number of fused-ring (bicyclic) bond motifs is 3. The molecule has 2 N–H and O–H groups in total. The lowest BCUT2D eigenvalue weighted by Crippen LogP contribution is -2.06. The number of benzene rings is 2. The third-order valence-electron chi connectivity index (χ3n) is 4.81. The number of anilines is 1. The van der Waals surface area contributed by atoms with Gasteiger partial charge in [0.15, 0.2) is 17.1 Å². The van der Waals surface area contributed by atoms with Gasteiger partial charge < -0.3 is 15.2 Å². The minimum absolute atomic E-state index is 0.195. The Morgan fingerprint density at radius 2 is 1.90 bits per heavy atom. The first-order valence-electron chi connectivity index (χ1n) is 9.09. The fourth-order valence-corrected chi connectivity index (χ4v) is 4.13. The number of nitrogens with two attached hydrogens (primary N) is 1. The first kappa shape index (κ1) is 19.6. The van der Waals surface area contributed by atoms with Crippen LogP contribution < -0.4 is 15.2 Å². The number of nitriles is 2. The van der Waals surface area contributed by atoms with Crippen LogP contribution in [0.5, 0.6) is 11.5 Å². The van der Waals surface area contributed by atoms with Crippen molar-refractivity contribution < 1.29 is 9.47 Å². The van der Waals surface area contributed by atoms with Gasteiger partial charge in [-0.3, -0.25) is 4.40 Å². The van der Waals surface area contributed by atoms with E-state index in [0.29, 0.717) is 44.9 Å². The maximum atomic E-state index is 10.0. The average Bonchev–Trinajstić information content (AvgIpc) is 3.14. The first-order valence-corrected chi connectivity index (χ1v) is 9.88. The average molecular weight is 462 g/mol. The molecule has 0 spiro atoms. The van der Waals surface area contributed by atoms with Crippen molar-refractivity contribution in [2.45, 2.75) is 6.92 Å². The molecule has 7 nitrogen and oxygen atoms in total. The van der Waals surface area contributed by atoms with Crippen molar-refractivity contribution in [3.05, 3.63) is 52.0 Å². The van der Waals surface area contributed by atoms with E-state index in [-0.39, 0.29) is 16.9 Å². The number of imidazole rings is 1. The van der Waals surface area contributed by atoms with Crippen LogP contribution >= 0.6 is 15.9 Å². The summed E-state index contributed by atoms with van der Waals surface area (Å²) in [6.07, 6.45) is 0. The molecule has 4 aromatic rings. The SMILES string of the molecule is CCOc1c(Br)cc(-c2c(C#N)c(N)n3c(nc4ccccc43)c2C#N)cc1OC. The first-order chi connectivity index (χ1) is 14.5. The summed E-state index contributed by atoms with van der Waals surface area (Å²) in [5.41, 5.74) is 9.68. The van der Waals surface area contributed by atoms with Gasteiger partial charge in [0, 0.05) is 5.56 Å². The number of hydrogen-bond acceptors (Lipinski definition) is 6. The molecule has 30 heavy (non-hydrogen) atoms. The van der Waals surface area contributed by atoms with Gasteiger partial charge in [0.05, 0.1) is 29.2 Å². The number of pyridine rings is 1. The zero-order valence-corrected chi connectivity index (χ0v) is 17.8. The Hall–Kier alpha value is -3.75. The van der Waals surface area contributed by atoms with E-state index in [1.807, 2.05) is 31.2 Å². The van der Waals surface area contributed by atoms with Gasteiger partial charge in [-0.15, -0.1) is 0 Å². The van der Waals surface area contributed by atoms with E-state index in [1.165, 1.54) is 7.11 Å². The van der Waals surface area contributed by atoms with Crippen LogP contribution in [0.2, 0.25) is 0 Å². The number of ether oxygens (including phenoxy) is 2. The molecule has 0 atom stereocenters. The maximum Gasteiger partial charge on any atom is 0.175 e. The molecule has 0 aliphatic heterocycles. The van der Waals surface area contributed by atoms with Crippen LogP contribution in [0, 0.1) is 22.7 Å². The Morgan fingerprint density at radius 3 is 2.57 bits per heavy atom. The predicted octanol–water partition coefficient (Wildman–Crippen LogP) is 4.65. The molecule has 4 rings (SSSR count). The summed E-state index contributed by atoms with van der Waals surface area (Å²) in [6, 6.07) is 15.3. The second-order valence-electron chi connectivity index (χ2n) is 6.42. The van der Waals surface area contributed by atoms with E-state index in [2.05, 4.69) is 33.1 Å². The highest BCUT2D eigenvalue weighted by Crippen LogP contribution is 2.43. The van der Waals surface area contributed by atoms with Crippen molar-refractivity contribution >= 4 is 38.4 Å². The largest absolute Gasteiger partial charge is 0.493 e. The Bertz CT molecular complexity index is 1400. The van der Waals surface area contributed by atoms with Crippen LogP contribution in [0.15, 0.2) is 40.9 Å². The molecule has 0 aliphatic rings. The molecular formula is C22H16BrN5O2. The zero-order valence-electron chi connectivity index (χ0n) is 16.2. The molecular weight excluding hydrogens is 446 g/mol. The van der Waals surface area contributed by atoms with Gasteiger partial charge in [-0.1, -0.05) is 12.1 Å². The van der Waals surface area contributed by atoms with E-state index < -0.39 is 0 Å². The molecule has 148 valence electrons. The summed E-state index contributed by atoms with van der Waals surface area (Å²) in [7, 11) is 1.53. The maximum absolute atomic E-state index is 10.0. The molecule has 0 amide bonds. The van der Waals surface area contributed by atoms with Crippen molar-refractivity contribution in [1.82, 2.24) is 9.38 Å². The van der Waals surface area contributed by atoms with Gasteiger partial charge in [0.25, 0.3) is 0 Å². The van der Waals surface area contributed by atoms with E-state index in [1.54, 1.807) is 16.5 Å². The molecule has 2 aromatic carbocycles. The lowest BCUT2D eigenvalue weighted by molar-refractivity contribution is 0.309. The van der Waals surface area contributed by atoms with Crippen LogP contribution in [0.3, 0.4) is 0 Å². The Balaban J connectivity index is 2.15. The van der Waals surface area contributed by atoms with Crippen molar-refractivity contribution in [1.29, 1.82) is 10.5 Å². The topological polar surface area (TPSA) is 109 Å². The summed E-state index contributed by atoms with van der Waals surface area (Å²) >= 11 is 3.50. The van der Waals surface area contributed by atoms with Crippen molar-refractivity contribution in [3.63, 3.8) is 0 Å². The van der Waals surface area contributed by atoms with Gasteiger partial charge >= 0.3 is 0 Å². The van der Waals surface area contributed by atoms with Crippen molar-refractivity contribution in [2.24, 2.45) is 0 Å². The van der Waals surface area contributed by atoms with Crippen LogP contribution in [0.25, 0.3) is 27.8 Å². The normalized spacial score (nSPS) is 10.7.